The molecule has 0 heterocycles. The second-order valence-electron chi connectivity index (χ2n) is 10.4. The van der Waals surface area contributed by atoms with E-state index in [9.17, 15) is 35.9 Å². The first-order valence-corrected chi connectivity index (χ1v) is 14.6. The molecule has 0 spiro atoms. The van der Waals surface area contributed by atoms with Crippen LogP contribution in [-0.4, -0.2) is 60.7 Å². The third-order valence-electron chi connectivity index (χ3n) is 6.39. The van der Waals surface area contributed by atoms with Crippen molar-refractivity contribution in [3.05, 3.63) is 87.2 Å². The topological polar surface area (TPSA) is 107 Å². The third kappa shape index (κ3) is 8.42. The average molecular weight is 652 g/mol. The van der Waals surface area contributed by atoms with E-state index in [1.165, 1.54) is 18.2 Å². The first kappa shape index (κ1) is 33.8. The first-order valence-electron chi connectivity index (χ1n) is 12.4. The van der Waals surface area contributed by atoms with Crippen molar-refractivity contribution in [3.63, 3.8) is 0 Å². The quantitative estimate of drug-likeness (QED) is 0.216. The molecule has 0 aliphatic carbocycles. The molecule has 0 aliphatic rings. The lowest BCUT2D eigenvalue weighted by Gasteiger charge is -2.29. The van der Waals surface area contributed by atoms with Gasteiger partial charge in [-0.25, -0.2) is 17.6 Å². The van der Waals surface area contributed by atoms with Crippen LogP contribution in [0, 0.1) is 5.82 Å². The van der Waals surface area contributed by atoms with Gasteiger partial charge >= 0.3 is 12.1 Å². The van der Waals surface area contributed by atoms with Crippen LogP contribution < -0.4 is 5.32 Å². The molecular formula is C28H28Cl2F4N2O5S. The van der Waals surface area contributed by atoms with Crippen molar-refractivity contribution in [2.75, 3.05) is 20.1 Å². The van der Waals surface area contributed by atoms with Gasteiger partial charge in [0.2, 0.25) is 10.0 Å². The number of carboxylic acid groups (broad SMARTS) is 1. The predicted octanol–water partition coefficient (Wildman–Crippen LogP) is 6.11. The first-order chi connectivity index (χ1) is 19.3. The molecule has 14 heteroatoms. The van der Waals surface area contributed by atoms with E-state index in [2.05, 4.69) is 5.32 Å². The maximum absolute atomic E-state index is 13.8. The second-order valence-corrected chi connectivity index (χ2v) is 13.2. The highest BCUT2D eigenvalue weighted by Gasteiger charge is 2.34. The van der Waals surface area contributed by atoms with Gasteiger partial charge in [-0.3, -0.25) is 0 Å². The van der Waals surface area contributed by atoms with Crippen molar-refractivity contribution in [2.45, 2.75) is 43.0 Å². The van der Waals surface area contributed by atoms with Gasteiger partial charge in [-0.15, -0.1) is 0 Å². The van der Waals surface area contributed by atoms with Crippen LogP contribution in [-0.2, 0) is 22.6 Å². The molecule has 3 aromatic rings. The number of nitrogens with one attached hydrogen (secondary N) is 1. The summed E-state index contributed by atoms with van der Waals surface area (Å²) in [6.45, 7) is 3.06. The SMILES string of the molecule is CN(C[C@H](O)CNC(C)(C)Cc1ccc(Cl)c(F)c1)S(=O)(=O)c1cc(-c2ccc(C(=O)O)c(Cl)c2)cc(C(F)(F)F)c1. The number of nitrogens with zero attached hydrogens (tertiary/aromatic N) is 1. The van der Waals surface area contributed by atoms with Crippen LogP contribution in [0.2, 0.25) is 10.0 Å². The molecule has 0 aliphatic heterocycles. The standard InChI is InChI=1S/C28H28Cl2F4N2O5S/c1-27(2,13-16-4-7-23(29)25(31)8-16)35-14-20(37)15-36(3)42(40,41)21-10-18(9-19(12-21)28(32,33)34)17-5-6-22(26(38)39)24(30)11-17/h4-12,20,35,37H,13-15H2,1-3H3,(H,38,39)/t20-/m1/s1. The van der Waals surface area contributed by atoms with Crippen LogP contribution in [0.1, 0.15) is 35.3 Å². The smallest absolute Gasteiger partial charge is 0.416 e. The molecule has 0 aromatic heterocycles. The number of carboxylic acids is 1. The number of hydrogen-bond donors (Lipinski definition) is 3. The summed E-state index contributed by atoms with van der Waals surface area (Å²) in [5.41, 5.74) is -1.60. The van der Waals surface area contributed by atoms with Crippen molar-refractivity contribution in [2.24, 2.45) is 0 Å². The van der Waals surface area contributed by atoms with Crippen LogP contribution in [0.5, 0.6) is 0 Å². The Balaban J connectivity index is 1.80. The van der Waals surface area contributed by atoms with Gasteiger partial charge in [0.1, 0.15) is 5.82 Å². The highest BCUT2D eigenvalue weighted by molar-refractivity contribution is 7.89. The molecule has 0 amide bonds. The van der Waals surface area contributed by atoms with E-state index >= 15 is 0 Å². The number of alkyl halides is 3. The van der Waals surface area contributed by atoms with E-state index in [0.29, 0.717) is 18.1 Å². The number of aliphatic hydroxyl groups excluding tert-OH is 1. The Kier molecular flexibility index (Phi) is 10.3. The lowest BCUT2D eigenvalue weighted by atomic mass is 9.94. The number of sulfonamides is 1. The summed E-state index contributed by atoms with van der Waals surface area (Å²) in [5, 5.41) is 22.6. The van der Waals surface area contributed by atoms with Gasteiger partial charge in [-0.1, -0.05) is 35.3 Å². The minimum atomic E-state index is -4.90. The van der Waals surface area contributed by atoms with Gasteiger partial charge in [0.05, 0.1) is 32.2 Å². The van der Waals surface area contributed by atoms with Crippen LogP contribution in [0.4, 0.5) is 17.6 Å². The molecular weight excluding hydrogens is 623 g/mol. The van der Waals surface area contributed by atoms with Gasteiger partial charge in [-0.2, -0.15) is 17.5 Å². The molecule has 228 valence electrons. The highest BCUT2D eigenvalue weighted by atomic mass is 35.5. The number of aliphatic hydroxyl groups is 1. The van der Waals surface area contributed by atoms with Crippen LogP contribution in [0.25, 0.3) is 11.1 Å². The molecule has 1 atom stereocenters. The maximum atomic E-state index is 13.8. The van der Waals surface area contributed by atoms with E-state index in [1.54, 1.807) is 19.9 Å². The molecule has 7 nitrogen and oxygen atoms in total. The molecule has 0 unspecified atom stereocenters. The fourth-order valence-electron chi connectivity index (χ4n) is 4.20. The summed E-state index contributed by atoms with van der Waals surface area (Å²) >= 11 is 11.7. The number of β-amino-alcohol motifs (C(OH)–C–C–N with tert-alkyl or cyclic N) is 1. The molecule has 42 heavy (non-hydrogen) atoms. The molecule has 0 radical (unpaired) electrons. The van der Waals surface area contributed by atoms with Crippen molar-refractivity contribution in [3.8, 4) is 11.1 Å². The van der Waals surface area contributed by atoms with Crippen molar-refractivity contribution < 1.29 is 41.0 Å². The number of rotatable bonds is 11. The van der Waals surface area contributed by atoms with Gasteiger partial charge in [-0.05, 0) is 79.4 Å². The lowest BCUT2D eigenvalue weighted by Crippen LogP contribution is -2.47. The molecule has 3 N–H and O–H groups in total. The Morgan fingerprint density at radius 1 is 1.00 bits per heavy atom. The van der Waals surface area contributed by atoms with Crippen molar-refractivity contribution in [1.29, 1.82) is 0 Å². The highest BCUT2D eigenvalue weighted by Crippen LogP contribution is 2.36. The normalized spacial score (nSPS) is 13.4. The number of aromatic carboxylic acids is 1. The van der Waals surface area contributed by atoms with Crippen molar-refractivity contribution in [1.82, 2.24) is 9.62 Å². The fraction of sp³-hybridized carbons (Fsp3) is 0.321. The zero-order valence-corrected chi connectivity index (χ0v) is 25.0. The fourth-order valence-corrected chi connectivity index (χ4v) is 5.86. The second kappa shape index (κ2) is 12.9. The number of halogens is 6. The number of carbonyl (C=O) groups is 1. The lowest BCUT2D eigenvalue weighted by molar-refractivity contribution is -0.137. The molecule has 0 fully saturated rings. The Hall–Kier alpha value is -2.74. The Morgan fingerprint density at radius 2 is 1.67 bits per heavy atom. The van der Waals surface area contributed by atoms with Crippen LogP contribution >= 0.6 is 23.2 Å². The van der Waals surface area contributed by atoms with Crippen molar-refractivity contribution >= 4 is 39.2 Å². The Morgan fingerprint density at radius 3 is 2.24 bits per heavy atom. The van der Waals surface area contributed by atoms with E-state index < -0.39 is 56.6 Å². The maximum Gasteiger partial charge on any atom is 0.416 e. The summed E-state index contributed by atoms with van der Waals surface area (Å²) < 4.78 is 82.4. The van der Waals surface area contributed by atoms with E-state index in [0.717, 1.165) is 35.6 Å². The molecule has 0 saturated heterocycles. The molecule has 0 saturated carbocycles. The number of hydrogen-bond acceptors (Lipinski definition) is 5. The van der Waals surface area contributed by atoms with Gasteiger partial charge in [0, 0.05) is 25.7 Å². The van der Waals surface area contributed by atoms with Crippen LogP contribution in [0.15, 0.2) is 59.5 Å². The largest absolute Gasteiger partial charge is 0.478 e. The average Bonchev–Trinajstić information content (AvgIpc) is 2.88. The third-order valence-corrected chi connectivity index (χ3v) is 8.81. The molecule has 3 aromatic carbocycles. The zero-order valence-electron chi connectivity index (χ0n) is 22.6. The van der Waals surface area contributed by atoms with E-state index in [4.69, 9.17) is 28.3 Å². The van der Waals surface area contributed by atoms with Gasteiger partial charge < -0.3 is 15.5 Å². The number of likely N-dealkylation sites (N-methyl/N-ethyl adjacent to an activating group) is 1. The molecule has 0 bridgehead atoms. The summed E-state index contributed by atoms with van der Waals surface area (Å²) in [5.74, 6) is -1.91. The zero-order chi connectivity index (χ0) is 31.6. The summed E-state index contributed by atoms with van der Waals surface area (Å²) in [6, 6.07) is 10.1. The summed E-state index contributed by atoms with van der Waals surface area (Å²) in [7, 11) is -3.40. The van der Waals surface area contributed by atoms with E-state index in [1.807, 2.05) is 0 Å². The summed E-state index contributed by atoms with van der Waals surface area (Å²) in [4.78, 5) is 10.6. The van der Waals surface area contributed by atoms with Crippen LogP contribution in [0.3, 0.4) is 0 Å². The summed E-state index contributed by atoms with van der Waals surface area (Å²) in [6.07, 6.45) is -5.79. The van der Waals surface area contributed by atoms with E-state index in [-0.39, 0.29) is 33.3 Å². The molecule has 3 rings (SSSR count). The Bertz CT molecular complexity index is 1580. The number of benzene rings is 3. The predicted molar refractivity (Wildman–Crippen MR) is 152 cm³/mol. The van der Waals surface area contributed by atoms with Gasteiger partial charge in [0.25, 0.3) is 0 Å². The minimum absolute atomic E-state index is 0.0167. The monoisotopic (exact) mass is 650 g/mol. The van der Waals surface area contributed by atoms with Gasteiger partial charge in [0.15, 0.2) is 0 Å². The Labute approximate surface area is 250 Å². The minimum Gasteiger partial charge on any atom is -0.478 e.